The van der Waals surface area contributed by atoms with Crippen LogP contribution in [0.1, 0.15) is 89.9 Å². The molecule has 0 aromatic heterocycles. The second kappa shape index (κ2) is 13.8. The molecule has 3 aliphatic carbocycles. The van der Waals surface area contributed by atoms with Gasteiger partial charge in [-0.15, -0.1) is 0 Å². The summed E-state index contributed by atoms with van der Waals surface area (Å²) in [5.41, 5.74) is 0. The zero-order valence-corrected chi connectivity index (χ0v) is 15.4. The number of rotatable bonds is 0. The van der Waals surface area contributed by atoms with Gasteiger partial charge in [0, 0.05) is 0 Å². The molecule has 0 N–H and O–H groups in total. The largest absolute Gasteiger partial charge is 4.00 e. The van der Waals surface area contributed by atoms with E-state index in [0.29, 0.717) is 11.8 Å². The van der Waals surface area contributed by atoms with Gasteiger partial charge in [-0.25, -0.2) is 0 Å². The van der Waals surface area contributed by atoms with Crippen molar-refractivity contribution < 1.29 is 26.2 Å². The summed E-state index contributed by atoms with van der Waals surface area (Å²) in [7, 11) is 0. The van der Waals surface area contributed by atoms with Crippen molar-refractivity contribution in [1.82, 2.24) is 0 Å². The molecule has 0 unspecified atom stereocenters. The van der Waals surface area contributed by atoms with Crippen LogP contribution in [0.3, 0.4) is 0 Å². The third-order valence-corrected chi connectivity index (χ3v) is 4.57. The van der Waals surface area contributed by atoms with Gasteiger partial charge in [-0.2, -0.15) is 11.8 Å². The Morgan fingerprint density at radius 3 is 0.789 bits per heavy atom. The fourth-order valence-electron chi connectivity index (χ4n) is 3.05. The molecule has 3 rings (SSSR count). The summed E-state index contributed by atoms with van der Waals surface area (Å²) >= 11 is 0. The van der Waals surface area contributed by atoms with Crippen molar-refractivity contribution in [2.45, 2.75) is 89.9 Å². The van der Waals surface area contributed by atoms with Crippen molar-refractivity contribution >= 4 is 0 Å². The molecule has 3 fully saturated rings. The standard InChI is InChI=1S/C8H14.2C5H10.Zr/c1-7-5-3-4-6-8(7)2;2*1-2-4-5-3-1;/h7-8H,1-6H2;2*1-5H2;/q-2;;;+4/t7-,8-;;;/m1.../s1. The Morgan fingerprint density at radius 1 is 0.421 bits per heavy atom. The molecular weight excluding hydrogens is 307 g/mol. The molecule has 2 atom stereocenters. The molecule has 0 radical (unpaired) electrons. The maximum absolute atomic E-state index is 4.02. The third-order valence-electron chi connectivity index (χ3n) is 4.57. The molecular formula is C18H34Zr+2. The topological polar surface area (TPSA) is 0 Å². The van der Waals surface area contributed by atoms with Crippen LogP contribution in [0.4, 0.5) is 0 Å². The van der Waals surface area contributed by atoms with Gasteiger partial charge < -0.3 is 13.8 Å². The van der Waals surface area contributed by atoms with E-state index in [0.717, 1.165) is 0 Å². The van der Waals surface area contributed by atoms with Crippen molar-refractivity contribution in [3.8, 4) is 0 Å². The van der Waals surface area contributed by atoms with Crippen LogP contribution in [0.15, 0.2) is 0 Å². The quantitative estimate of drug-likeness (QED) is 0.450. The van der Waals surface area contributed by atoms with Gasteiger partial charge >= 0.3 is 26.2 Å². The average Bonchev–Trinajstić information content (AvgIpc) is 3.11. The molecule has 19 heavy (non-hydrogen) atoms. The van der Waals surface area contributed by atoms with Crippen molar-refractivity contribution in [3.63, 3.8) is 0 Å². The van der Waals surface area contributed by atoms with E-state index in [1.807, 2.05) is 0 Å². The maximum Gasteiger partial charge on any atom is 4.00 e. The Bertz CT molecular complexity index is 135. The van der Waals surface area contributed by atoms with E-state index in [2.05, 4.69) is 13.8 Å². The Kier molecular flexibility index (Phi) is 14.5. The summed E-state index contributed by atoms with van der Waals surface area (Å²) in [5.74, 6) is 1.28. The molecule has 0 aromatic rings. The molecule has 0 amide bonds. The normalized spacial score (nSPS) is 29.4. The van der Waals surface area contributed by atoms with E-state index in [1.165, 1.54) is 89.9 Å². The van der Waals surface area contributed by atoms with Gasteiger partial charge in [-0.3, -0.25) is 0 Å². The smallest absolute Gasteiger partial charge is 0.342 e. The molecule has 1 heteroatoms. The monoisotopic (exact) mass is 340 g/mol. The first-order valence-corrected chi connectivity index (χ1v) is 8.47. The summed E-state index contributed by atoms with van der Waals surface area (Å²) in [6, 6.07) is 0. The van der Waals surface area contributed by atoms with E-state index < -0.39 is 0 Å². The molecule has 0 saturated heterocycles. The van der Waals surface area contributed by atoms with Crippen LogP contribution in [-0.2, 0) is 26.2 Å². The van der Waals surface area contributed by atoms with E-state index in [1.54, 1.807) is 0 Å². The maximum atomic E-state index is 4.02. The fourth-order valence-corrected chi connectivity index (χ4v) is 3.05. The molecule has 0 aliphatic heterocycles. The number of hydrogen-bond acceptors (Lipinski definition) is 0. The van der Waals surface area contributed by atoms with Gasteiger partial charge in [0.25, 0.3) is 0 Å². The van der Waals surface area contributed by atoms with Crippen LogP contribution in [0, 0.1) is 25.7 Å². The molecule has 0 spiro atoms. The third kappa shape index (κ3) is 11.2. The average molecular weight is 342 g/mol. The van der Waals surface area contributed by atoms with Gasteiger partial charge in [-0.05, 0) is 0 Å². The van der Waals surface area contributed by atoms with Crippen LogP contribution in [0.2, 0.25) is 0 Å². The Morgan fingerprint density at radius 2 is 0.632 bits per heavy atom. The van der Waals surface area contributed by atoms with Crippen LogP contribution >= 0.6 is 0 Å². The first-order chi connectivity index (χ1) is 8.80. The Hall–Kier alpha value is 0.883. The minimum Gasteiger partial charge on any atom is -0.342 e. The molecule has 3 saturated carbocycles. The number of hydrogen-bond donors (Lipinski definition) is 0. The summed E-state index contributed by atoms with van der Waals surface area (Å²) in [6.45, 7) is 8.03. The van der Waals surface area contributed by atoms with Gasteiger partial charge in [0.1, 0.15) is 0 Å². The zero-order chi connectivity index (χ0) is 13.1. The van der Waals surface area contributed by atoms with Crippen LogP contribution in [0.25, 0.3) is 0 Å². The first-order valence-electron chi connectivity index (χ1n) is 8.47. The Balaban J connectivity index is 0.000000259. The van der Waals surface area contributed by atoms with Crippen molar-refractivity contribution in [1.29, 1.82) is 0 Å². The van der Waals surface area contributed by atoms with Gasteiger partial charge in [-0.1, -0.05) is 89.9 Å². The molecule has 3 aliphatic rings. The SMILES string of the molecule is C1CCCC1.C1CCCC1.[CH2-][C@@H]1CCCC[C@H]1[CH2-].[Zr+4]. The van der Waals surface area contributed by atoms with Crippen LogP contribution in [-0.4, -0.2) is 0 Å². The summed E-state index contributed by atoms with van der Waals surface area (Å²) in [4.78, 5) is 0. The molecule has 0 heterocycles. The van der Waals surface area contributed by atoms with Crippen molar-refractivity contribution in [3.05, 3.63) is 13.8 Å². The predicted molar refractivity (Wildman–Crippen MR) is 82.3 cm³/mol. The van der Waals surface area contributed by atoms with E-state index >= 15 is 0 Å². The molecule has 0 nitrogen and oxygen atoms in total. The molecule has 108 valence electrons. The first kappa shape index (κ1) is 19.9. The van der Waals surface area contributed by atoms with Gasteiger partial charge in [0.15, 0.2) is 0 Å². The van der Waals surface area contributed by atoms with Crippen molar-refractivity contribution in [2.75, 3.05) is 0 Å². The van der Waals surface area contributed by atoms with E-state index in [9.17, 15) is 0 Å². The van der Waals surface area contributed by atoms with Crippen molar-refractivity contribution in [2.24, 2.45) is 11.8 Å². The second-order valence-electron chi connectivity index (χ2n) is 6.34. The van der Waals surface area contributed by atoms with Crippen LogP contribution in [0.5, 0.6) is 0 Å². The van der Waals surface area contributed by atoms with Gasteiger partial charge in [0.05, 0.1) is 0 Å². The zero-order valence-electron chi connectivity index (χ0n) is 13.0. The van der Waals surface area contributed by atoms with E-state index in [-0.39, 0.29) is 26.2 Å². The predicted octanol–water partition coefficient (Wildman–Crippen LogP) is 6.36. The Labute approximate surface area is 141 Å². The summed E-state index contributed by atoms with van der Waals surface area (Å²) in [6.07, 6.45) is 20.3. The van der Waals surface area contributed by atoms with Gasteiger partial charge in [0.2, 0.25) is 0 Å². The summed E-state index contributed by atoms with van der Waals surface area (Å²) in [5, 5.41) is 0. The minimum atomic E-state index is 0. The minimum absolute atomic E-state index is 0. The fraction of sp³-hybridized carbons (Fsp3) is 0.889. The van der Waals surface area contributed by atoms with E-state index in [4.69, 9.17) is 0 Å². The molecule has 0 aromatic carbocycles. The summed E-state index contributed by atoms with van der Waals surface area (Å²) < 4.78 is 0. The van der Waals surface area contributed by atoms with Crippen LogP contribution < -0.4 is 0 Å². The second-order valence-corrected chi connectivity index (χ2v) is 6.34. The molecule has 0 bridgehead atoms.